The van der Waals surface area contributed by atoms with E-state index in [1.807, 2.05) is 26.0 Å². The van der Waals surface area contributed by atoms with Crippen LogP contribution in [-0.2, 0) is 0 Å². The number of nitrogens with one attached hydrogen (secondary N) is 1. The molecule has 0 radical (unpaired) electrons. The lowest BCUT2D eigenvalue weighted by molar-refractivity contribution is 0.147. The van der Waals surface area contributed by atoms with Gasteiger partial charge in [-0.3, -0.25) is 0 Å². The smallest absolute Gasteiger partial charge is 0.321 e. The Bertz CT molecular complexity index is 692. The Kier molecular flexibility index (Phi) is 4.18. The number of nitrogens with zero attached hydrogens (tertiary/aromatic N) is 3. The van der Waals surface area contributed by atoms with Crippen molar-refractivity contribution in [2.24, 2.45) is 0 Å². The predicted molar refractivity (Wildman–Crippen MR) is 84.7 cm³/mol. The molecule has 3 rings (SSSR count). The highest BCUT2D eigenvalue weighted by atomic mass is 16.5. The largest absolute Gasteiger partial charge is 0.495 e. The fourth-order valence-corrected chi connectivity index (χ4v) is 2.39. The average Bonchev–Trinajstić information content (AvgIpc) is 2.96. The highest BCUT2D eigenvalue weighted by Gasteiger charge is 2.36. The molecule has 2 heterocycles. The van der Waals surface area contributed by atoms with Gasteiger partial charge in [-0.25, -0.2) is 4.79 Å². The molecule has 23 heavy (non-hydrogen) atoms. The van der Waals surface area contributed by atoms with Gasteiger partial charge in [0.2, 0.25) is 5.89 Å². The first kappa shape index (κ1) is 15.3. The minimum Gasteiger partial charge on any atom is -0.495 e. The van der Waals surface area contributed by atoms with Gasteiger partial charge in [0.15, 0.2) is 5.82 Å². The predicted octanol–water partition coefficient (Wildman–Crippen LogP) is 2.83. The van der Waals surface area contributed by atoms with E-state index in [-0.39, 0.29) is 17.9 Å². The van der Waals surface area contributed by atoms with E-state index in [0.29, 0.717) is 36.2 Å². The lowest BCUT2D eigenvalue weighted by atomic mass is 10.0. The van der Waals surface area contributed by atoms with E-state index < -0.39 is 0 Å². The Labute approximate surface area is 134 Å². The van der Waals surface area contributed by atoms with Crippen molar-refractivity contribution in [3.8, 4) is 5.75 Å². The third kappa shape index (κ3) is 3.13. The molecule has 2 aromatic rings. The molecule has 1 aromatic heterocycles. The van der Waals surface area contributed by atoms with E-state index in [2.05, 4.69) is 15.5 Å². The second-order valence-corrected chi connectivity index (χ2v) is 5.88. The molecule has 1 N–H and O–H groups in total. The third-order valence-corrected chi connectivity index (χ3v) is 3.84. The van der Waals surface area contributed by atoms with Gasteiger partial charge in [0.1, 0.15) is 5.75 Å². The SMILES string of the molecule is COc1ccccc1NC(=O)N1CC(c2nc(C(C)C)no2)C1. The molecule has 0 spiro atoms. The summed E-state index contributed by atoms with van der Waals surface area (Å²) < 4.78 is 10.5. The van der Waals surface area contributed by atoms with Crippen molar-refractivity contribution in [2.45, 2.75) is 25.7 Å². The normalized spacial score (nSPS) is 14.7. The van der Waals surface area contributed by atoms with Gasteiger partial charge >= 0.3 is 6.03 Å². The number of hydrogen-bond donors (Lipinski definition) is 1. The highest BCUT2D eigenvalue weighted by molar-refractivity contribution is 5.91. The van der Waals surface area contributed by atoms with Crippen LogP contribution >= 0.6 is 0 Å². The molecular weight excluding hydrogens is 296 g/mol. The molecule has 1 saturated heterocycles. The van der Waals surface area contributed by atoms with Crippen molar-refractivity contribution in [3.05, 3.63) is 36.0 Å². The maximum Gasteiger partial charge on any atom is 0.321 e. The van der Waals surface area contributed by atoms with E-state index in [1.165, 1.54) is 0 Å². The maximum absolute atomic E-state index is 12.2. The molecule has 0 bridgehead atoms. The fraction of sp³-hybridized carbons (Fsp3) is 0.438. The lowest BCUT2D eigenvalue weighted by Gasteiger charge is -2.36. The molecule has 2 amide bonds. The Morgan fingerprint density at radius 1 is 1.39 bits per heavy atom. The van der Waals surface area contributed by atoms with Gasteiger partial charge in [0, 0.05) is 19.0 Å². The summed E-state index contributed by atoms with van der Waals surface area (Å²) in [5, 5.41) is 6.81. The van der Waals surface area contributed by atoms with E-state index in [4.69, 9.17) is 9.26 Å². The summed E-state index contributed by atoms with van der Waals surface area (Å²) in [7, 11) is 1.58. The number of anilines is 1. The Balaban J connectivity index is 1.57. The van der Waals surface area contributed by atoms with E-state index in [9.17, 15) is 4.79 Å². The standard InChI is InChI=1S/C16H20N4O3/c1-10(2)14-18-15(23-19-14)11-8-20(9-11)16(21)17-12-6-4-5-7-13(12)22-3/h4-7,10-11H,8-9H2,1-3H3,(H,17,21). The van der Waals surface area contributed by atoms with Gasteiger partial charge in [-0.1, -0.05) is 31.1 Å². The van der Waals surface area contributed by atoms with E-state index >= 15 is 0 Å². The number of ether oxygens (including phenoxy) is 1. The summed E-state index contributed by atoms with van der Waals surface area (Å²) >= 11 is 0. The molecule has 122 valence electrons. The summed E-state index contributed by atoms with van der Waals surface area (Å²) in [4.78, 5) is 18.3. The zero-order chi connectivity index (χ0) is 16.4. The fourth-order valence-electron chi connectivity index (χ4n) is 2.39. The van der Waals surface area contributed by atoms with E-state index in [0.717, 1.165) is 0 Å². The van der Waals surface area contributed by atoms with Crippen molar-refractivity contribution < 1.29 is 14.1 Å². The van der Waals surface area contributed by atoms with Gasteiger partial charge in [0.05, 0.1) is 18.7 Å². The molecule has 7 nitrogen and oxygen atoms in total. The van der Waals surface area contributed by atoms with Crippen LogP contribution in [0.15, 0.2) is 28.8 Å². The van der Waals surface area contributed by atoms with Gasteiger partial charge < -0.3 is 19.5 Å². The molecule has 1 aliphatic rings. The van der Waals surface area contributed by atoms with Crippen LogP contribution in [0.25, 0.3) is 0 Å². The molecular formula is C16H20N4O3. The van der Waals surface area contributed by atoms with Gasteiger partial charge in [-0.05, 0) is 12.1 Å². The topological polar surface area (TPSA) is 80.5 Å². The summed E-state index contributed by atoms with van der Waals surface area (Å²) in [5.74, 6) is 2.29. The van der Waals surface area contributed by atoms with Crippen molar-refractivity contribution in [3.63, 3.8) is 0 Å². The molecule has 0 saturated carbocycles. The number of carbonyl (C=O) groups is 1. The second kappa shape index (κ2) is 6.28. The first-order chi connectivity index (χ1) is 11.1. The first-order valence-electron chi connectivity index (χ1n) is 7.61. The molecule has 1 aromatic carbocycles. The Morgan fingerprint density at radius 2 is 2.13 bits per heavy atom. The molecule has 0 unspecified atom stereocenters. The van der Waals surface area contributed by atoms with Gasteiger partial charge in [-0.2, -0.15) is 4.98 Å². The molecule has 7 heteroatoms. The van der Waals surface area contributed by atoms with Crippen LogP contribution in [0, 0.1) is 0 Å². The van der Waals surface area contributed by atoms with Crippen molar-refractivity contribution in [1.82, 2.24) is 15.0 Å². The van der Waals surface area contributed by atoms with Crippen molar-refractivity contribution in [2.75, 3.05) is 25.5 Å². The average molecular weight is 316 g/mol. The second-order valence-electron chi connectivity index (χ2n) is 5.88. The Morgan fingerprint density at radius 3 is 2.78 bits per heavy atom. The Hall–Kier alpha value is -2.57. The van der Waals surface area contributed by atoms with Crippen LogP contribution in [-0.4, -0.2) is 41.3 Å². The number of para-hydroxylation sites is 2. The first-order valence-corrected chi connectivity index (χ1v) is 7.61. The number of aromatic nitrogens is 2. The minimum atomic E-state index is -0.158. The lowest BCUT2D eigenvalue weighted by Crippen LogP contribution is -2.50. The van der Waals surface area contributed by atoms with Crippen LogP contribution in [0.3, 0.4) is 0 Å². The number of rotatable bonds is 4. The zero-order valence-corrected chi connectivity index (χ0v) is 13.4. The number of likely N-dealkylation sites (tertiary alicyclic amines) is 1. The molecule has 0 aliphatic carbocycles. The number of benzene rings is 1. The molecule has 1 aliphatic heterocycles. The number of urea groups is 1. The zero-order valence-electron chi connectivity index (χ0n) is 13.4. The number of hydrogen-bond acceptors (Lipinski definition) is 5. The number of methoxy groups -OCH3 is 1. The van der Waals surface area contributed by atoms with E-state index in [1.54, 1.807) is 24.1 Å². The summed E-state index contributed by atoms with van der Waals surface area (Å²) in [6.45, 7) is 5.17. The van der Waals surface area contributed by atoms with Crippen LogP contribution < -0.4 is 10.1 Å². The van der Waals surface area contributed by atoms with Crippen molar-refractivity contribution in [1.29, 1.82) is 0 Å². The van der Waals surface area contributed by atoms with Crippen molar-refractivity contribution >= 4 is 11.7 Å². The summed E-state index contributed by atoms with van der Waals surface area (Å²) in [5.41, 5.74) is 0.656. The molecule has 0 atom stereocenters. The van der Waals surface area contributed by atoms with Crippen LogP contribution in [0.2, 0.25) is 0 Å². The van der Waals surface area contributed by atoms with Gasteiger partial charge in [-0.15, -0.1) is 0 Å². The number of amides is 2. The monoisotopic (exact) mass is 316 g/mol. The summed E-state index contributed by atoms with van der Waals surface area (Å²) in [6, 6.07) is 7.16. The van der Waals surface area contributed by atoms with Crippen LogP contribution in [0.4, 0.5) is 10.5 Å². The number of carbonyl (C=O) groups excluding carboxylic acids is 1. The molecule has 1 fully saturated rings. The summed E-state index contributed by atoms with van der Waals surface area (Å²) in [6.07, 6.45) is 0. The minimum absolute atomic E-state index is 0.110. The highest BCUT2D eigenvalue weighted by Crippen LogP contribution is 2.29. The van der Waals surface area contributed by atoms with Crippen LogP contribution in [0.1, 0.15) is 37.4 Å². The van der Waals surface area contributed by atoms with Gasteiger partial charge in [0.25, 0.3) is 0 Å². The van der Waals surface area contributed by atoms with Crippen LogP contribution in [0.5, 0.6) is 5.75 Å². The quantitative estimate of drug-likeness (QED) is 0.938. The third-order valence-electron chi connectivity index (χ3n) is 3.84. The maximum atomic E-state index is 12.2.